The molecule has 0 saturated carbocycles. The Kier molecular flexibility index (Phi) is 6.02. The van der Waals surface area contributed by atoms with Crippen LogP contribution in [-0.4, -0.2) is 41.4 Å². The van der Waals surface area contributed by atoms with Crippen molar-refractivity contribution < 1.29 is 0 Å². The summed E-state index contributed by atoms with van der Waals surface area (Å²) in [6.07, 6.45) is 2.03. The van der Waals surface area contributed by atoms with Crippen LogP contribution in [0.25, 0.3) is 9.14 Å². The van der Waals surface area contributed by atoms with E-state index in [-0.39, 0.29) is 41.4 Å². The van der Waals surface area contributed by atoms with Gasteiger partial charge in [0.05, 0.1) is 0 Å². The van der Waals surface area contributed by atoms with Gasteiger partial charge in [-0.15, -0.1) is 0 Å². The van der Waals surface area contributed by atoms with Crippen molar-refractivity contribution in [3.8, 4) is 21.0 Å². The van der Waals surface area contributed by atoms with E-state index in [1.165, 1.54) is 5.56 Å². The topological polar surface area (TPSA) is 0 Å². The monoisotopic (exact) mass is 514 g/mol. The van der Waals surface area contributed by atoms with Crippen LogP contribution in [0.4, 0.5) is 0 Å². The molecule has 3 aromatic rings. The zero-order chi connectivity index (χ0) is 15.0. The number of hydrogen-bond acceptors (Lipinski definition) is 0. The number of benzene rings is 2. The first-order valence-electron chi connectivity index (χ1n) is 6.95. The molecule has 106 valence electrons. The molecule has 0 spiro atoms. The minimum absolute atomic E-state index is 0.127. The third kappa shape index (κ3) is 4.40. The second-order valence-electron chi connectivity index (χ2n) is 4.54. The maximum atomic E-state index is 3.17. The van der Waals surface area contributed by atoms with Crippen LogP contribution in [0.15, 0.2) is 81.0 Å². The van der Waals surface area contributed by atoms with Crippen molar-refractivity contribution in [2.75, 3.05) is 0 Å². The molecular weight excluding hydrogens is 495 g/mol. The summed E-state index contributed by atoms with van der Waals surface area (Å²) in [7, 11) is 0. The Morgan fingerprint density at radius 3 is 2.36 bits per heavy atom. The molecule has 0 radical (unpaired) electrons. The molecule has 2 heteroatoms. The van der Waals surface area contributed by atoms with E-state index in [0.29, 0.717) is 0 Å². The number of allylic oxidation sites excluding steroid dienone is 1. The van der Waals surface area contributed by atoms with Gasteiger partial charge in [-0.05, 0) is 0 Å². The van der Waals surface area contributed by atoms with Crippen LogP contribution in [0.5, 0.6) is 0 Å². The predicted molar refractivity (Wildman–Crippen MR) is 96.7 cm³/mol. The van der Waals surface area contributed by atoms with E-state index in [9.17, 15) is 0 Å². The van der Waals surface area contributed by atoms with Crippen molar-refractivity contribution in [3.05, 3.63) is 86.6 Å². The standard InChI is InChI=1S/C20H14Te2/c1-3-9-17(10-4-1)11-7-8-15-21-19-14-16-22-20(19)18-12-5-2-6-13-18/h1-6,8-10,12-16H/b15-8-. The van der Waals surface area contributed by atoms with Gasteiger partial charge in [-0.2, -0.15) is 0 Å². The molecular formula is C20H14Te2. The Labute approximate surface area is 151 Å². The Morgan fingerprint density at radius 1 is 0.864 bits per heavy atom. The fraction of sp³-hybridized carbons (Fsp3) is 0. The summed E-state index contributed by atoms with van der Waals surface area (Å²) >= 11 is -0.403. The molecule has 3 rings (SSSR count). The Hall–Kier alpha value is -1.20. The van der Waals surface area contributed by atoms with Crippen molar-refractivity contribution in [1.29, 1.82) is 0 Å². The first-order chi connectivity index (χ1) is 10.9. The number of hydrogen-bond donors (Lipinski definition) is 0. The molecule has 1 aromatic heterocycles. The average Bonchev–Trinajstić information content (AvgIpc) is 3.05. The van der Waals surface area contributed by atoms with Gasteiger partial charge in [0.2, 0.25) is 0 Å². The molecule has 0 aliphatic heterocycles. The molecule has 1 heterocycles. The van der Waals surface area contributed by atoms with Crippen LogP contribution < -0.4 is 3.61 Å². The van der Waals surface area contributed by atoms with E-state index < -0.39 is 0 Å². The molecule has 0 bridgehead atoms. The zero-order valence-corrected chi connectivity index (χ0v) is 16.6. The van der Waals surface area contributed by atoms with Crippen molar-refractivity contribution in [1.82, 2.24) is 0 Å². The Bertz CT molecular complexity index is 803. The molecule has 2 aromatic carbocycles. The van der Waals surface area contributed by atoms with Gasteiger partial charge in [0, 0.05) is 0 Å². The summed E-state index contributed by atoms with van der Waals surface area (Å²) in [4.78, 5) is 0. The fourth-order valence-electron chi connectivity index (χ4n) is 1.98. The third-order valence-corrected chi connectivity index (χ3v) is 9.47. The van der Waals surface area contributed by atoms with Gasteiger partial charge in [0.25, 0.3) is 0 Å². The molecule has 22 heavy (non-hydrogen) atoms. The molecule has 0 saturated heterocycles. The van der Waals surface area contributed by atoms with Crippen LogP contribution in [-0.2, 0) is 0 Å². The fourth-order valence-corrected chi connectivity index (χ4v) is 8.79. The molecule has 0 amide bonds. The maximum absolute atomic E-state index is 3.17. The van der Waals surface area contributed by atoms with Gasteiger partial charge in [-0.1, -0.05) is 0 Å². The van der Waals surface area contributed by atoms with Crippen LogP contribution in [0.1, 0.15) is 5.56 Å². The molecule has 0 N–H and O–H groups in total. The molecule has 0 aliphatic rings. The second-order valence-corrected chi connectivity index (χ2v) is 9.86. The average molecular weight is 510 g/mol. The number of rotatable bonds is 3. The van der Waals surface area contributed by atoms with Crippen molar-refractivity contribution in [3.63, 3.8) is 0 Å². The summed E-state index contributed by atoms with van der Waals surface area (Å²) in [6.45, 7) is 0. The van der Waals surface area contributed by atoms with Gasteiger partial charge >= 0.3 is 153 Å². The van der Waals surface area contributed by atoms with Gasteiger partial charge in [0.15, 0.2) is 0 Å². The summed E-state index contributed by atoms with van der Waals surface area (Å²) in [5.74, 6) is 6.32. The van der Waals surface area contributed by atoms with Gasteiger partial charge in [-0.3, -0.25) is 0 Å². The Morgan fingerprint density at radius 2 is 1.59 bits per heavy atom. The molecule has 0 aliphatic carbocycles. The molecule has 0 unspecified atom stereocenters. The Balaban J connectivity index is 1.67. The van der Waals surface area contributed by atoms with E-state index in [1.807, 2.05) is 36.4 Å². The van der Waals surface area contributed by atoms with E-state index in [4.69, 9.17) is 0 Å². The van der Waals surface area contributed by atoms with Crippen LogP contribution >= 0.6 is 0 Å². The summed E-state index contributed by atoms with van der Waals surface area (Å²) in [5.41, 5.74) is 2.49. The summed E-state index contributed by atoms with van der Waals surface area (Å²) in [6, 6.07) is 23.3. The van der Waals surface area contributed by atoms with E-state index in [2.05, 4.69) is 56.4 Å². The molecule has 0 nitrogen and oxygen atoms in total. The first-order valence-corrected chi connectivity index (χ1v) is 12.0. The second kappa shape index (κ2) is 8.44. The third-order valence-electron chi connectivity index (χ3n) is 3.00. The van der Waals surface area contributed by atoms with E-state index >= 15 is 0 Å². The zero-order valence-electron chi connectivity index (χ0n) is 11.9. The van der Waals surface area contributed by atoms with Crippen molar-refractivity contribution in [2.45, 2.75) is 0 Å². The van der Waals surface area contributed by atoms with Crippen molar-refractivity contribution >= 4 is 45.0 Å². The molecule has 0 atom stereocenters. The van der Waals surface area contributed by atoms with Crippen LogP contribution in [0.2, 0.25) is 0 Å². The van der Waals surface area contributed by atoms with Gasteiger partial charge < -0.3 is 0 Å². The van der Waals surface area contributed by atoms with Gasteiger partial charge in [0.1, 0.15) is 0 Å². The van der Waals surface area contributed by atoms with Crippen LogP contribution in [0, 0.1) is 11.8 Å². The summed E-state index contributed by atoms with van der Waals surface area (Å²) in [5, 5.41) is 0. The minimum atomic E-state index is -0.276. The van der Waals surface area contributed by atoms with E-state index in [0.717, 1.165) is 5.56 Å². The predicted octanol–water partition coefficient (Wildman–Crippen LogP) is 3.31. The normalized spacial score (nSPS) is 10.4. The van der Waals surface area contributed by atoms with Gasteiger partial charge in [-0.25, -0.2) is 0 Å². The SMILES string of the molecule is C(#Cc1ccccc1)/C=C\[Te]c1cc[te]c1-c1ccccc1. The quantitative estimate of drug-likeness (QED) is 0.376. The summed E-state index contributed by atoms with van der Waals surface area (Å²) < 4.78 is 7.89. The van der Waals surface area contributed by atoms with E-state index in [1.54, 1.807) is 7.19 Å². The van der Waals surface area contributed by atoms with Crippen LogP contribution in [0.3, 0.4) is 0 Å². The molecule has 0 fully saturated rings. The first kappa shape index (κ1) is 15.7. The van der Waals surface area contributed by atoms with Crippen molar-refractivity contribution in [2.24, 2.45) is 0 Å².